The molecule has 3 rings (SSSR count). The minimum Gasteiger partial charge on any atom is -0.443 e. The van der Waals surface area contributed by atoms with Crippen molar-refractivity contribution in [1.29, 1.82) is 0 Å². The first kappa shape index (κ1) is 18.3. The highest BCUT2D eigenvalue weighted by molar-refractivity contribution is 6.14. The number of benzene rings is 1. The highest BCUT2D eigenvalue weighted by Gasteiger charge is 2.37. The Hall–Kier alpha value is -2.51. The second-order valence-corrected chi connectivity index (χ2v) is 7.39. The van der Waals surface area contributed by atoms with Crippen molar-refractivity contribution in [1.82, 2.24) is 10.3 Å². The molecular formula is C19H23N3O4. The Kier molecular flexibility index (Phi) is 4.93. The van der Waals surface area contributed by atoms with Crippen LogP contribution in [0.25, 0.3) is 10.9 Å². The molecule has 2 aromatic rings. The molecule has 2 amide bonds. The number of nitrogens with zero attached hydrogens (tertiary/aromatic N) is 2. The molecule has 0 saturated carbocycles. The molecule has 2 atom stereocenters. The summed E-state index contributed by atoms with van der Waals surface area (Å²) in [5, 5.41) is 13.5. The maximum absolute atomic E-state index is 13.0. The molecule has 1 aliphatic heterocycles. The van der Waals surface area contributed by atoms with E-state index in [1.165, 1.54) is 6.20 Å². The minimum absolute atomic E-state index is 0.249. The summed E-state index contributed by atoms with van der Waals surface area (Å²) in [5.41, 5.74) is 0.357. The summed E-state index contributed by atoms with van der Waals surface area (Å²) in [6, 6.07) is 8.53. The number of aliphatic hydroxyl groups is 1. The minimum atomic E-state index is -0.761. The van der Waals surface area contributed by atoms with Crippen molar-refractivity contribution in [2.45, 2.75) is 44.9 Å². The normalized spacial score (nSPS) is 20.2. The number of β-amino-alcohol motifs (C(OH)–C–C–N with tert-alkyl or cyclic N) is 1. The zero-order valence-corrected chi connectivity index (χ0v) is 15.1. The molecule has 1 aromatic heterocycles. The van der Waals surface area contributed by atoms with Crippen LogP contribution < -0.4 is 10.2 Å². The zero-order valence-electron chi connectivity index (χ0n) is 15.1. The number of carbonyl (C=O) groups excluding carboxylic acids is 2. The fourth-order valence-electron chi connectivity index (χ4n) is 2.87. The number of para-hydroxylation sites is 1. The number of hydrogen-bond acceptors (Lipinski definition) is 6. The van der Waals surface area contributed by atoms with Crippen LogP contribution in [-0.2, 0) is 9.53 Å². The van der Waals surface area contributed by atoms with Gasteiger partial charge < -0.3 is 15.2 Å². The van der Waals surface area contributed by atoms with E-state index in [0.29, 0.717) is 12.2 Å². The number of fused-ring (bicyclic) bond motifs is 1. The average Bonchev–Trinajstić information content (AvgIpc) is 3.00. The second kappa shape index (κ2) is 7.01. The van der Waals surface area contributed by atoms with Gasteiger partial charge >= 0.3 is 6.09 Å². The lowest BCUT2D eigenvalue weighted by Crippen LogP contribution is -2.48. The van der Waals surface area contributed by atoms with Crippen molar-refractivity contribution in [2.24, 2.45) is 0 Å². The summed E-state index contributed by atoms with van der Waals surface area (Å²) in [4.78, 5) is 31.1. The molecule has 2 N–H and O–H groups in total. The second-order valence-electron chi connectivity index (χ2n) is 7.39. The number of aromatic nitrogens is 1. The van der Waals surface area contributed by atoms with Gasteiger partial charge in [0.2, 0.25) is 0 Å². The van der Waals surface area contributed by atoms with Crippen LogP contribution >= 0.6 is 0 Å². The number of amides is 2. The lowest BCUT2D eigenvalue weighted by atomic mass is 10.1. The average molecular weight is 357 g/mol. The van der Waals surface area contributed by atoms with Crippen molar-refractivity contribution in [3.05, 3.63) is 36.5 Å². The van der Waals surface area contributed by atoms with Crippen LogP contribution in [0.5, 0.6) is 0 Å². The van der Waals surface area contributed by atoms with E-state index in [-0.39, 0.29) is 6.42 Å². The molecule has 1 saturated heterocycles. The van der Waals surface area contributed by atoms with Crippen LogP contribution in [0.4, 0.5) is 10.5 Å². The molecule has 138 valence electrons. The predicted octanol–water partition coefficient (Wildman–Crippen LogP) is 2.23. The van der Waals surface area contributed by atoms with Crippen molar-refractivity contribution in [3.8, 4) is 0 Å². The smallest absolute Gasteiger partial charge is 0.421 e. The van der Waals surface area contributed by atoms with Crippen molar-refractivity contribution < 1.29 is 19.4 Å². The number of aliphatic hydroxyl groups excluding tert-OH is 1. The van der Waals surface area contributed by atoms with Crippen LogP contribution in [0, 0.1) is 0 Å². The zero-order chi connectivity index (χ0) is 18.9. The summed E-state index contributed by atoms with van der Waals surface area (Å²) >= 11 is 0. The fraction of sp³-hybridized carbons (Fsp3) is 0.421. The van der Waals surface area contributed by atoms with E-state index >= 15 is 0 Å². The Balaban J connectivity index is 1.98. The Morgan fingerprint density at radius 1 is 1.31 bits per heavy atom. The van der Waals surface area contributed by atoms with Crippen molar-refractivity contribution in [2.75, 3.05) is 11.4 Å². The van der Waals surface area contributed by atoms with Crippen LogP contribution in [-0.4, -0.2) is 46.4 Å². The van der Waals surface area contributed by atoms with Crippen molar-refractivity contribution >= 4 is 28.6 Å². The van der Waals surface area contributed by atoms with E-state index in [1.807, 2.05) is 24.3 Å². The molecule has 1 aliphatic rings. The van der Waals surface area contributed by atoms with E-state index in [0.717, 1.165) is 15.8 Å². The monoisotopic (exact) mass is 357 g/mol. The van der Waals surface area contributed by atoms with Gasteiger partial charge in [0.15, 0.2) is 0 Å². The molecule has 26 heavy (non-hydrogen) atoms. The first-order chi connectivity index (χ1) is 12.2. The molecular weight excluding hydrogens is 334 g/mol. The fourth-order valence-corrected chi connectivity index (χ4v) is 2.87. The van der Waals surface area contributed by atoms with Gasteiger partial charge in [-0.25, -0.2) is 9.69 Å². The first-order valence-electron chi connectivity index (χ1n) is 8.58. The van der Waals surface area contributed by atoms with Crippen molar-refractivity contribution in [3.63, 3.8) is 0 Å². The van der Waals surface area contributed by atoms with Gasteiger partial charge in [-0.05, 0) is 39.3 Å². The van der Waals surface area contributed by atoms with E-state index in [2.05, 4.69) is 10.3 Å². The van der Waals surface area contributed by atoms with Gasteiger partial charge in [0.05, 0.1) is 29.5 Å². The van der Waals surface area contributed by atoms with E-state index < -0.39 is 29.7 Å². The highest BCUT2D eigenvalue weighted by atomic mass is 16.6. The Morgan fingerprint density at radius 3 is 2.69 bits per heavy atom. The van der Waals surface area contributed by atoms with Gasteiger partial charge in [-0.1, -0.05) is 18.2 Å². The van der Waals surface area contributed by atoms with Gasteiger partial charge in [0.1, 0.15) is 5.60 Å². The molecule has 0 aliphatic carbocycles. The number of hydrogen-bond donors (Lipinski definition) is 2. The largest absolute Gasteiger partial charge is 0.443 e. The molecule has 0 radical (unpaired) electrons. The number of carbonyl (C=O) groups is 2. The molecule has 2 heterocycles. The summed E-state index contributed by atoms with van der Waals surface area (Å²) in [5.74, 6) is -0.465. The molecule has 0 bridgehead atoms. The predicted molar refractivity (Wildman–Crippen MR) is 97.9 cm³/mol. The lowest BCUT2D eigenvalue weighted by Gasteiger charge is -2.27. The number of pyridine rings is 1. The quantitative estimate of drug-likeness (QED) is 0.856. The Morgan fingerprint density at radius 2 is 2.04 bits per heavy atom. The SMILES string of the molecule is CC(C)(C)OC(=O)N(C(=O)[C@@H]1C[C@H](O)CN1)c1cnc2ccccc2c1. The van der Waals surface area contributed by atoms with Crippen LogP contribution in [0.1, 0.15) is 27.2 Å². The first-order valence-corrected chi connectivity index (χ1v) is 8.58. The van der Waals surface area contributed by atoms with Crippen LogP contribution in [0.3, 0.4) is 0 Å². The van der Waals surface area contributed by atoms with Gasteiger partial charge in [0.25, 0.3) is 5.91 Å². The maximum Gasteiger partial charge on any atom is 0.421 e. The van der Waals surface area contributed by atoms with Gasteiger partial charge in [-0.3, -0.25) is 9.78 Å². The summed E-state index contributed by atoms with van der Waals surface area (Å²) in [6.45, 7) is 5.53. The Bertz CT molecular complexity index is 831. The van der Waals surface area contributed by atoms with Gasteiger partial charge in [0, 0.05) is 11.9 Å². The number of ether oxygens (including phenoxy) is 1. The molecule has 7 heteroatoms. The van der Waals surface area contributed by atoms with E-state index in [4.69, 9.17) is 4.74 Å². The molecule has 0 spiro atoms. The van der Waals surface area contributed by atoms with Gasteiger partial charge in [-0.2, -0.15) is 0 Å². The third kappa shape index (κ3) is 4.00. The molecule has 1 fully saturated rings. The van der Waals surface area contributed by atoms with Crippen LogP contribution in [0.2, 0.25) is 0 Å². The number of anilines is 1. The van der Waals surface area contributed by atoms with Gasteiger partial charge in [-0.15, -0.1) is 0 Å². The highest BCUT2D eigenvalue weighted by Crippen LogP contribution is 2.24. The topological polar surface area (TPSA) is 91.8 Å². The molecule has 7 nitrogen and oxygen atoms in total. The standard InChI is InChI=1S/C19H23N3O4/c1-19(2,3)26-18(25)22(17(24)16-9-14(23)11-21-16)13-8-12-6-4-5-7-15(12)20-10-13/h4-8,10,14,16,21,23H,9,11H2,1-3H3/t14-,16-/m0/s1. The van der Waals surface area contributed by atoms with E-state index in [1.54, 1.807) is 26.8 Å². The van der Waals surface area contributed by atoms with E-state index in [9.17, 15) is 14.7 Å². The third-order valence-electron chi connectivity index (χ3n) is 4.04. The van der Waals surface area contributed by atoms with Crippen LogP contribution in [0.15, 0.2) is 36.5 Å². The molecule has 0 unspecified atom stereocenters. The number of nitrogens with one attached hydrogen (secondary N) is 1. The number of imide groups is 1. The third-order valence-corrected chi connectivity index (χ3v) is 4.04. The molecule has 1 aromatic carbocycles. The maximum atomic E-state index is 13.0. The number of rotatable bonds is 2. The lowest BCUT2D eigenvalue weighted by molar-refractivity contribution is -0.120. The summed E-state index contributed by atoms with van der Waals surface area (Å²) < 4.78 is 5.42. The summed E-state index contributed by atoms with van der Waals surface area (Å²) in [7, 11) is 0. The summed E-state index contributed by atoms with van der Waals surface area (Å²) in [6.07, 6.45) is 0.358. The Labute approximate surface area is 152 Å².